The number of hydrogen-bond acceptors (Lipinski definition) is 5. The quantitative estimate of drug-likeness (QED) is 0.787. The number of anilines is 1. The van der Waals surface area contributed by atoms with Crippen LogP contribution in [0.15, 0.2) is 24.3 Å². The average Bonchev–Trinajstić information content (AvgIpc) is 3.10. The first-order chi connectivity index (χ1) is 13.1. The topological polar surface area (TPSA) is 66.3 Å². The molecule has 2 fully saturated rings. The van der Waals surface area contributed by atoms with Gasteiger partial charge in [0.15, 0.2) is 5.69 Å². The summed E-state index contributed by atoms with van der Waals surface area (Å²) in [6.45, 7) is 6.56. The van der Waals surface area contributed by atoms with Crippen LogP contribution in [0.25, 0.3) is 0 Å². The number of halogens is 3. The lowest BCUT2D eigenvalue weighted by molar-refractivity contribution is 0.0740. The summed E-state index contributed by atoms with van der Waals surface area (Å²) in [4.78, 5) is 16.9. The van der Waals surface area contributed by atoms with E-state index in [2.05, 4.69) is 20.5 Å². The van der Waals surface area contributed by atoms with Crippen LogP contribution >= 0.6 is 24.8 Å². The van der Waals surface area contributed by atoms with E-state index < -0.39 is 0 Å². The minimum Gasteiger partial charge on any atom is -0.368 e. The molecule has 2 aromatic rings. The lowest BCUT2D eigenvalue weighted by Gasteiger charge is -2.35. The molecule has 29 heavy (non-hydrogen) atoms. The van der Waals surface area contributed by atoms with E-state index in [1.165, 1.54) is 12.1 Å². The van der Waals surface area contributed by atoms with Crippen LogP contribution in [0.2, 0.25) is 0 Å². The van der Waals surface area contributed by atoms with E-state index in [1.54, 1.807) is 12.1 Å². The average molecular weight is 445 g/mol. The second kappa shape index (κ2) is 10.2. The van der Waals surface area contributed by atoms with Crippen molar-refractivity contribution in [2.45, 2.75) is 25.8 Å². The Morgan fingerprint density at radius 1 is 1.07 bits per heavy atom. The van der Waals surface area contributed by atoms with E-state index in [0.717, 1.165) is 50.4 Å². The third-order valence-electron chi connectivity index (χ3n) is 5.54. The Morgan fingerprint density at radius 3 is 2.31 bits per heavy atom. The van der Waals surface area contributed by atoms with Crippen LogP contribution in [0.5, 0.6) is 0 Å². The summed E-state index contributed by atoms with van der Waals surface area (Å²) in [6.07, 6.45) is 2.02. The van der Waals surface area contributed by atoms with E-state index in [0.29, 0.717) is 24.8 Å². The zero-order chi connectivity index (χ0) is 18.8. The summed E-state index contributed by atoms with van der Waals surface area (Å²) in [5, 5.41) is 11.8. The minimum atomic E-state index is -0.236. The van der Waals surface area contributed by atoms with Gasteiger partial charge in [0.05, 0.1) is 11.7 Å². The van der Waals surface area contributed by atoms with Crippen molar-refractivity contribution in [2.75, 3.05) is 44.2 Å². The molecule has 1 amide bonds. The summed E-state index contributed by atoms with van der Waals surface area (Å²) in [5.74, 6) is -0.286. The maximum Gasteiger partial charge on any atom is 0.276 e. The molecular formula is C19H27Cl2FN6O. The minimum absolute atomic E-state index is 0. The monoisotopic (exact) mass is 444 g/mol. The summed E-state index contributed by atoms with van der Waals surface area (Å²) >= 11 is 0. The molecule has 0 bridgehead atoms. The normalized spacial score (nSPS) is 17.4. The van der Waals surface area contributed by atoms with Crippen LogP contribution in [0, 0.1) is 12.7 Å². The van der Waals surface area contributed by atoms with E-state index in [4.69, 9.17) is 0 Å². The molecule has 1 N–H and O–H groups in total. The fourth-order valence-electron chi connectivity index (χ4n) is 3.91. The van der Waals surface area contributed by atoms with Gasteiger partial charge in [-0.3, -0.25) is 4.79 Å². The Labute approximate surface area is 182 Å². The summed E-state index contributed by atoms with van der Waals surface area (Å²) in [5.41, 5.74) is 2.30. The number of piperazine rings is 1. The maximum atomic E-state index is 13.1. The molecule has 3 heterocycles. The van der Waals surface area contributed by atoms with Crippen LogP contribution in [-0.4, -0.2) is 65.1 Å². The van der Waals surface area contributed by atoms with Crippen molar-refractivity contribution < 1.29 is 9.18 Å². The standard InChI is InChI=1S/C19H25FN6O.2ClH/c1-14-18(22-23-26(14)17-6-8-21-9-7-17)19(27)25-12-10-24(11-13-25)16-4-2-15(20)3-5-16;;/h2-5,17,21H,6-13H2,1H3;2*1H. The molecule has 10 heteroatoms. The maximum absolute atomic E-state index is 13.1. The largest absolute Gasteiger partial charge is 0.368 e. The molecule has 0 radical (unpaired) electrons. The first-order valence-electron chi connectivity index (χ1n) is 9.56. The Morgan fingerprint density at radius 2 is 1.69 bits per heavy atom. The van der Waals surface area contributed by atoms with E-state index in [-0.39, 0.29) is 36.5 Å². The number of piperidine rings is 1. The Bertz CT molecular complexity index is 802. The second-order valence-electron chi connectivity index (χ2n) is 7.20. The van der Waals surface area contributed by atoms with Gasteiger partial charge in [-0.25, -0.2) is 9.07 Å². The van der Waals surface area contributed by atoms with Crippen LogP contribution in [0.3, 0.4) is 0 Å². The molecule has 160 valence electrons. The summed E-state index contributed by atoms with van der Waals surface area (Å²) in [7, 11) is 0. The molecule has 0 atom stereocenters. The third kappa shape index (κ3) is 4.99. The molecular weight excluding hydrogens is 418 g/mol. The van der Waals surface area contributed by atoms with Crippen LogP contribution in [0.1, 0.15) is 35.1 Å². The zero-order valence-corrected chi connectivity index (χ0v) is 18.0. The Hall–Kier alpha value is -1.90. The van der Waals surface area contributed by atoms with Gasteiger partial charge in [-0.15, -0.1) is 29.9 Å². The fourth-order valence-corrected chi connectivity index (χ4v) is 3.91. The molecule has 1 aromatic carbocycles. The first kappa shape index (κ1) is 23.4. The molecule has 4 rings (SSSR count). The van der Waals surface area contributed by atoms with Gasteiger partial charge in [-0.1, -0.05) is 5.21 Å². The highest BCUT2D eigenvalue weighted by molar-refractivity contribution is 5.93. The van der Waals surface area contributed by atoms with Crippen molar-refractivity contribution in [3.63, 3.8) is 0 Å². The number of benzene rings is 1. The van der Waals surface area contributed by atoms with Crippen molar-refractivity contribution in [2.24, 2.45) is 0 Å². The zero-order valence-electron chi connectivity index (χ0n) is 16.4. The Kier molecular flexibility index (Phi) is 8.24. The van der Waals surface area contributed by atoms with Crippen LogP contribution < -0.4 is 10.2 Å². The number of rotatable bonds is 3. The number of carbonyl (C=O) groups is 1. The predicted octanol–water partition coefficient (Wildman–Crippen LogP) is 2.46. The number of carbonyl (C=O) groups excluding carboxylic acids is 1. The van der Waals surface area contributed by atoms with Gasteiger partial charge in [0.1, 0.15) is 5.82 Å². The molecule has 2 aliphatic rings. The van der Waals surface area contributed by atoms with Gasteiger partial charge in [-0.2, -0.15) is 0 Å². The molecule has 0 unspecified atom stereocenters. The molecule has 0 aliphatic carbocycles. The Balaban J connectivity index is 0.00000150. The number of nitrogens with zero attached hydrogens (tertiary/aromatic N) is 5. The fraction of sp³-hybridized carbons (Fsp3) is 0.526. The van der Waals surface area contributed by atoms with Gasteiger partial charge < -0.3 is 15.1 Å². The molecule has 0 saturated carbocycles. The van der Waals surface area contributed by atoms with Gasteiger partial charge >= 0.3 is 0 Å². The van der Waals surface area contributed by atoms with Crippen molar-refractivity contribution in [3.8, 4) is 0 Å². The molecule has 0 spiro atoms. The highest BCUT2D eigenvalue weighted by Crippen LogP contribution is 2.22. The molecule has 1 aromatic heterocycles. The first-order valence-corrected chi connectivity index (χ1v) is 9.56. The predicted molar refractivity (Wildman–Crippen MR) is 115 cm³/mol. The van der Waals surface area contributed by atoms with Crippen molar-refractivity contribution in [3.05, 3.63) is 41.5 Å². The lowest BCUT2D eigenvalue weighted by atomic mass is 10.1. The van der Waals surface area contributed by atoms with E-state index in [1.807, 2.05) is 16.5 Å². The van der Waals surface area contributed by atoms with Gasteiger partial charge in [0.25, 0.3) is 5.91 Å². The van der Waals surface area contributed by atoms with Crippen LogP contribution in [0.4, 0.5) is 10.1 Å². The number of nitrogens with one attached hydrogen (secondary N) is 1. The van der Waals surface area contributed by atoms with Crippen LogP contribution in [-0.2, 0) is 0 Å². The second-order valence-corrected chi connectivity index (χ2v) is 7.20. The van der Waals surface area contributed by atoms with E-state index >= 15 is 0 Å². The number of hydrogen-bond donors (Lipinski definition) is 1. The van der Waals surface area contributed by atoms with E-state index in [9.17, 15) is 9.18 Å². The molecule has 2 aliphatic heterocycles. The third-order valence-corrected chi connectivity index (χ3v) is 5.54. The number of aromatic nitrogens is 3. The highest BCUT2D eigenvalue weighted by atomic mass is 35.5. The van der Waals surface area contributed by atoms with Crippen molar-refractivity contribution in [1.29, 1.82) is 0 Å². The van der Waals surface area contributed by atoms with Gasteiger partial charge in [0.2, 0.25) is 0 Å². The summed E-state index contributed by atoms with van der Waals surface area (Å²) in [6, 6.07) is 6.81. The smallest absolute Gasteiger partial charge is 0.276 e. The SMILES string of the molecule is Cc1c(C(=O)N2CCN(c3ccc(F)cc3)CC2)nnn1C1CCNCC1.Cl.Cl. The van der Waals surface area contributed by atoms with Crippen molar-refractivity contribution >= 4 is 36.4 Å². The lowest BCUT2D eigenvalue weighted by Crippen LogP contribution is -2.49. The number of amides is 1. The highest BCUT2D eigenvalue weighted by Gasteiger charge is 2.28. The van der Waals surface area contributed by atoms with Gasteiger partial charge in [-0.05, 0) is 57.1 Å². The van der Waals surface area contributed by atoms with Crippen molar-refractivity contribution in [1.82, 2.24) is 25.2 Å². The van der Waals surface area contributed by atoms with Gasteiger partial charge in [0, 0.05) is 31.9 Å². The molecule has 2 saturated heterocycles. The molecule has 7 nitrogen and oxygen atoms in total. The summed E-state index contributed by atoms with van der Waals surface area (Å²) < 4.78 is 15.0.